The number of hydrogen-bond acceptors (Lipinski definition) is 3. The quantitative estimate of drug-likeness (QED) is 0.753. The van der Waals surface area contributed by atoms with E-state index in [-0.39, 0.29) is 30.6 Å². The van der Waals surface area contributed by atoms with E-state index in [1.807, 2.05) is 4.90 Å². The molecule has 1 N–H and O–H groups in total. The van der Waals surface area contributed by atoms with Crippen molar-refractivity contribution in [1.29, 1.82) is 0 Å². The number of rotatable bonds is 4. The molecule has 0 aliphatic carbocycles. The van der Waals surface area contributed by atoms with E-state index in [2.05, 4.69) is 10.2 Å². The third kappa shape index (κ3) is 5.51. The first kappa shape index (κ1) is 23.7. The summed E-state index contributed by atoms with van der Waals surface area (Å²) in [5, 5.41) is 4.11. The fourth-order valence-electron chi connectivity index (χ4n) is 4.78. The molecular weight excluding hydrogens is 424 g/mol. The van der Waals surface area contributed by atoms with Gasteiger partial charge in [-0.25, -0.2) is 4.39 Å². The van der Waals surface area contributed by atoms with Crippen LogP contribution >= 0.6 is 36.4 Å². The van der Waals surface area contributed by atoms with Crippen molar-refractivity contribution in [3.8, 4) is 0 Å². The summed E-state index contributed by atoms with van der Waals surface area (Å²) < 4.78 is 14.0. The second-order valence-corrected chi connectivity index (χ2v) is 8.44. The van der Waals surface area contributed by atoms with Crippen LogP contribution in [0.1, 0.15) is 37.7 Å². The largest absolute Gasteiger partial charge is 0.340 e. The Bertz CT molecular complexity index is 638. The zero-order valence-electron chi connectivity index (χ0n) is 15.9. The minimum Gasteiger partial charge on any atom is -0.340 e. The standard InChI is InChI=1S/C20H27ClFN3O.2ClH/c21-18-2-1-3-19(22)17(18)13-24-6-8-25(9-7-24)20(26)12-14-10-15-4-5-16(11-14)23-15;;/h1-3,14-16,23H,4-13H2;2*1H. The monoisotopic (exact) mass is 451 g/mol. The average Bonchev–Trinajstić information content (AvgIpc) is 2.97. The average molecular weight is 453 g/mol. The lowest BCUT2D eigenvalue weighted by Gasteiger charge is -2.36. The van der Waals surface area contributed by atoms with Gasteiger partial charge in [-0.15, -0.1) is 24.8 Å². The SMILES string of the molecule is Cl.Cl.O=C(CC1CC2CCC(C1)N2)N1CCN(Cc2c(F)cccc2Cl)CC1. The van der Waals surface area contributed by atoms with Crippen LogP contribution in [0.5, 0.6) is 0 Å². The predicted octanol–water partition coefficient (Wildman–Crippen LogP) is 3.89. The number of piperidine rings is 1. The Labute approximate surface area is 184 Å². The molecule has 2 atom stereocenters. The first-order chi connectivity index (χ1) is 12.6. The molecule has 4 rings (SSSR count). The number of piperazine rings is 1. The Morgan fingerprint density at radius 3 is 2.36 bits per heavy atom. The van der Waals surface area contributed by atoms with E-state index in [9.17, 15) is 9.18 Å². The maximum absolute atomic E-state index is 14.0. The molecule has 3 aliphatic rings. The Kier molecular flexibility index (Phi) is 8.83. The van der Waals surface area contributed by atoms with Gasteiger partial charge in [0.1, 0.15) is 5.82 Å². The van der Waals surface area contributed by atoms with Gasteiger partial charge in [-0.05, 0) is 43.7 Å². The number of fused-ring (bicyclic) bond motifs is 2. The molecule has 4 nitrogen and oxygen atoms in total. The number of carbonyl (C=O) groups excluding carboxylic acids is 1. The van der Waals surface area contributed by atoms with Crippen molar-refractivity contribution in [2.75, 3.05) is 26.2 Å². The minimum absolute atomic E-state index is 0. The Hall–Kier alpha value is -0.590. The van der Waals surface area contributed by atoms with Crippen LogP contribution in [0.15, 0.2) is 18.2 Å². The van der Waals surface area contributed by atoms with Crippen LogP contribution in [0.25, 0.3) is 0 Å². The molecule has 28 heavy (non-hydrogen) atoms. The third-order valence-electron chi connectivity index (χ3n) is 6.20. The Balaban J connectivity index is 0.00000140. The summed E-state index contributed by atoms with van der Waals surface area (Å²) in [5.41, 5.74) is 0.555. The van der Waals surface area contributed by atoms with E-state index in [4.69, 9.17) is 11.6 Å². The Morgan fingerprint density at radius 2 is 1.75 bits per heavy atom. The fourth-order valence-corrected chi connectivity index (χ4v) is 5.00. The molecular formula is C20H29Cl3FN3O. The normalized spacial score (nSPS) is 27.1. The van der Waals surface area contributed by atoms with Crippen molar-refractivity contribution in [3.05, 3.63) is 34.6 Å². The van der Waals surface area contributed by atoms with Crippen LogP contribution in [-0.2, 0) is 11.3 Å². The molecule has 0 spiro atoms. The van der Waals surface area contributed by atoms with Crippen LogP contribution < -0.4 is 5.32 Å². The number of amides is 1. The first-order valence-electron chi connectivity index (χ1n) is 9.77. The van der Waals surface area contributed by atoms with Crippen LogP contribution in [0.3, 0.4) is 0 Å². The van der Waals surface area contributed by atoms with E-state index in [0.29, 0.717) is 47.5 Å². The van der Waals surface area contributed by atoms with Crippen molar-refractivity contribution in [3.63, 3.8) is 0 Å². The van der Waals surface area contributed by atoms with Gasteiger partial charge in [-0.1, -0.05) is 17.7 Å². The van der Waals surface area contributed by atoms with Crippen molar-refractivity contribution >= 4 is 42.3 Å². The number of nitrogens with one attached hydrogen (secondary N) is 1. The highest BCUT2D eigenvalue weighted by Gasteiger charge is 2.35. The maximum atomic E-state index is 14.0. The van der Waals surface area contributed by atoms with Crippen molar-refractivity contribution in [2.45, 2.75) is 50.7 Å². The van der Waals surface area contributed by atoms with Gasteiger partial charge in [-0.3, -0.25) is 9.69 Å². The molecule has 3 aliphatic heterocycles. The first-order valence-corrected chi connectivity index (χ1v) is 10.2. The van der Waals surface area contributed by atoms with Gasteiger partial charge in [0, 0.05) is 61.8 Å². The van der Waals surface area contributed by atoms with Gasteiger partial charge in [0.25, 0.3) is 0 Å². The van der Waals surface area contributed by atoms with Gasteiger partial charge in [-0.2, -0.15) is 0 Å². The molecule has 0 aromatic heterocycles. The number of benzene rings is 1. The third-order valence-corrected chi connectivity index (χ3v) is 6.56. The van der Waals surface area contributed by atoms with Crippen molar-refractivity contribution < 1.29 is 9.18 Å². The maximum Gasteiger partial charge on any atom is 0.222 e. The van der Waals surface area contributed by atoms with Gasteiger partial charge >= 0.3 is 0 Å². The predicted molar refractivity (Wildman–Crippen MR) is 115 cm³/mol. The summed E-state index contributed by atoms with van der Waals surface area (Å²) >= 11 is 6.13. The summed E-state index contributed by atoms with van der Waals surface area (Å²) in [5.74, 6) is 0.577. The zero-order chi connectivity index (χ0) is 18.1. The smallest absolute Gasteiger partial charge is 0.222 e. The van der Waals surface area contributed by atoms with Gasteiger partial charge in [0.15, 0.2) is 0 Å². The summed E-state index contributed by atoms with van der Waals surface area (Å²) in [4.78, 5) is 16.8. The van der Waals surface area contributed by atoms with E-state index in [1.54, 1.807) is 12.1 Å². The highest BCUT2D eigenvalue weighted by Crippen LogP contribution is 2.33. The summed E-state index contributed by atoms with van der Waals surface area (Å²) in [6.45, 7) is 3.50. The molecule has 2 bridgehead atoms. The summed E-state index contributed by atoms with van der Waals surface area (Å²) in [7, 11) is 0. The molecule has 3 fully saturated rings. The van der Waals surface area contributed by atoms with Crippen LogP contribution in [0, 0.1) is 11.7 Å². The van der Waals surface area contributed by atoms with E-state index in [0.717, 1.165) is 39.0 Å². The van der Waals surface area contributed by atoms with Crippen LogP contribution in [-0.4, -0.2) is 54.0 Å². The second kappa shape index (κ2) is 10.4. The lowest BCUT2D eigenvalue weighted by atomic mass is 9.89. The highest BCUT2D eigenvalue weighted by molar-refractivity contribution is 6.31. The van der Waals surface area contributed by atoms with Crippen molar-refractivity contribution in [1.82, 2.24) is 15.1 Å². The molecule has 1 aromatic rings. The van der Waals surface area contributed by atoms with Gasteiger partial charge in [0.2, 0.25) is 5.91 Å². The van der Waals surface area contributed by atoms with Crippen LogP contribution in [0.2, 0.25) is 5.02 Å². The number of nitrogens with zero attached hydrogens (tertiary/aromatic N) is 2. The van der Waals surface area contributed by atoms with Gasteiger partial charge < -0.3 is 10.2 Å². The molecule has 3 saturated heterocycles. The van der Waals surface area contributed by atoms with E-state index >= 15 is 0 Å². The topological polar surface area (TPSA) is 35.6 Å². The van der Waals surface area contributed by atoms with Gasteiger partial charge in [0.05, 0.1) is 0 Å². The molecule has 0 radical (unpaired) electrons. The number of halogens is 4. The molecule has 158 valence electrons. The molecule has 1 aromatic carbocycles. The van der Waals surface area contributed by atoms with Crippen LogP contribution in [0.4, 0.5) is 4.39 Å². The van der Waals surface area contributed by atoms with Crippen molar-refractivity contribution in [2.24, 2.45) is 5.92 Å². The Morgan fingerprint density at radius 1 is 1.11 bits per heavy atom. The molecule has 8 heteroatoms. The number of hydrogen-bond donors (Lipinski definition) is 1. The highest BCUT2D eigenvalue weighted by atomic mass is 35.5. The fraction of sp³-hybridized carbons (Fsp3) is 0.650. The molecule has 0 saturated carbocycles. The lowest BCUT2D eigenvalue weighted by Crippen LogP contribution is -2.49. The summed E-state index contributed by atoms with van der Waals surface area (Å²) in [6.07, 6.45) is 5.52. The lowest BCUT2D eigenvalue weighted by molar-refractivity contribution is -0.134. The molecule has 1 amide bonds. The summed E-state index contributed by atoms with van der Waals surface area (Å²) in [6, 6.07) is 6.08. The molecule has 2 unspecified atom stereocenters. The molecule has 3 heterocycles. The number of carbonyl (C=O) groups is 1. The van der Waals surface area contributed by atoms with E-state index in [1.165, 1.54) is 18.9 Å². The second-order valence-electron chi connectivity index (χ2n) is 8.04. The zero-order valence-corrected chi connectivity index (χ0v) is 18.3. The minimum atomic E-state index is -0.253. The van der Waals surface area contributed by atoms with E-state index < -0.39 is 0 Å².